The summed E-state index contributed by atoms with van der Waals surface area (Å²) in [4.78, 5) is 16.5. The average Bonchev–Trinajstić information content (AvgIpc) is 3.08. The van der Waals surface area contributed by atoms with Gasteiger partial charge < -0.3 is 14.8 Å². The van der Waals surface area contributed by atoms with Crippen molar-refractivity contribution in [3.8, 4) is 11.5 Å². The summed E-state index contributed by atoms with van der Waals surface area (Å²) >= 11 is 0. The lowest BCUT2D eigenvalue weighted by molar-refractivity contribution is 0.0525. The second kappa shape index (κ2) is 8.02. The molecule has 1 N–H and O–H groups in total. The van der Waals surface area contributed by atoms with Gasteiger partial charge in [0.15, 0.2) is 5.82 Å². The van der Waals surface area contributed by atoms with Gasteiger partial charge in [-0.25, -0.2) is 14.3 Å². The van der Waals surface area contributed by atoms with Gasteiger partial charge in [0.05, 0.1) is 12.2 Å². The molecule has 4 aromatic rings. The standard InChI is InChI=1S/C22H20N4O3/c1-3-28-22(27)19-13-26-20(15(19)2)21(23-14-24-26)25-16-9-11-18(12-10-16)29-17-7-5-4-6-8-17/h4-14H,3H2,1-2H3,(H,23,24,25). The summed E-state index contributed by atoms with van der Waals surface area (Å²) in [6.07, 6.45) is 3.10. The zero-order chi connectivity index (χ0) is 20.2. The maximum absolute atomic E-state index is 12.2. The molecule has 0 aliphatic heterocycles. The van der Waals surface area contributed by atoms with E-state index in [1.807, 2.05) is 61.5 Å². The molecule has 0 atom stereocenters. The van der Waals surface area contributed by atoms with Crippen molar-refractivity contribution in [2.75, 3.05) is 11.9 Å². The Morgan fingerprint density at radius 2 is 1.79 bits per heavy atom. The maximum atomic E-state index is 12.2. The van der Waals surface area contributed by atoms with Crippen molar-refractivity contribution in [2.24, 2.45) is 0 Å². The molecular formula is C22H20N4O3. The van der Waals surface area contributed by atoms with E-state index in [-0.39, 0.29) is 5.97 Å². The van der Waals surface area contributed by atoms with Gasteiger partial charge in [-0.1, -0.05) is 18.2 Å². The molecular weight excluding hydrogens is 368 g/mol. The number of benzene rings is 2. The minimum Gasteiger partial charge on any atom is -0.462 e. The van der Waals surface area contributed by atoms with Gasteiger partial charge in [-0.3, -0.25) is 0 Å². The normalized spacial score (nSPS) is 10.7. The summed E-state index contributed by atoms with van der Waals surface area (Å²) in [7, 11) is 0. The first-order valence-corrected chi connectivity index (χ1v) is 9.25. The van der Waals surface area contributed by atoms with Crippen LogP contribution in [0.15, 0.2) is 67.1 Å². The van der Waals surface area contributed by atoms with Crippen molar-refractivity contribution in [1.29, 1.82) is 0 Å². The van der Waals surface area contributed by atoms with Crippen LogP contribution in [0.5, 0.6) is 11.5 Å². The van der Waals surface area contributed by atoms with Crippen LogP contribution in [-0.4, -0.2) is 27.2 Å². The van der Waals surface area contributed by atoms with Crippen molar-refractivity contribution in [1.82, 2.24) is 14.6 Å². The Balaban J connectivity index is 1.58. The molecule has 0 unspecified atom stereocenters. The van der Waals surface area contributed by atoms with Crippen LogP contribution in [-0.2, 0) is 4.74 Å². The average molecular weight is 388 g/mol. The lowest BCUT2D eigenvalue weighted by atomic mass is 10.2. The topological polar surface area (TPSA) is 77.8 Å². The van der Waals surface area contributed by atoms with Gasteiger partial charge in [0.25, 0.3) is 0 Å². The molecule has 4 rings (SSSR count). The van der Waals surface area contributed by atoms with Gasteiger partial charge >= 0.3 is 5.97 Å². The molecule has 7 heteroatoms. The highest BCUT2D eigenvalue weighted by Crippen LogP contribution is 2.27. The fraction of sp³-hybridized carbons (Fsp3) is 0.136. The first kappa shape index (κ1) is 18.5. The Kier molecular flexibility index (Phi) is 5.11. The Bertz CT molecular complexity index is 1140. The Morgan fingerprint density at radius 1 is 1.07 bits per heavy atom. The van der Waals surface area contributed by atoms with E-state index in [2.05, 4.69) is 15.4 Å². The molecule has 0 radical (unpaired) electrons. The van der Waals surface area contributed by atoms with Crippen LogP contribution >= 0.6 is 0 Å². The van der Waals surface area contributed by atoms with Crippen LogP contribution in [0.25, 0.3) is 5.52 Å². The number of nitrogens with one attached hydrogen (secondary N) is 1. The van der Waals surface area contributed by atoms with Gasteiger partial charge in [-0.05, 0) is 55.8 Å². The van der Waals surface area contributed by atoms with Crippen LogP contribution < -0.4 is 10.1 Å². The zero-order valence-corrected chi connectivity index (χ0v) is 16.1. The van der Waals surface area contributed by atoms with E-state index in [1.165, 1.54) is 6.33 Å². The number of nitrogens with zero attached hydrogens (tertiary/aromatic N) is 3. The summed E-state index contributed by atoms with van der Waals surface area (Å²) in [5.74, 6) is 1.74. The van der Waals surface area contributed by atoms with Crippen molar-refractivity contribution < 1.29 is 14.3 Å². The van der Waals surface area contributed by atoms with Crippen LogP contribution in [0.3, 0.4) is 0 Å². The Morgan fingerprint density at radius 3 is 2.52 bits per heavy atom. The Hall–Kier alpha value is -3.87. The van der Waals surface area contributed by atoms with E-state index in [4.69, 9.17) is 9.47 Å². The van der Waals surface area contributed by atoms with E-state index in [1.54, 1.807) is 17.6 Å². The molecule has 0 aliphatic rings. The number of aromatic nitrogens is 3. The van der Waals surface area contributed by atoms with E-state index in [0.717, 1.165) is 28.3 Å². The highest BCUT2D eigenvalue weighted by atomic mass is 16.5. The molecule has 0 saturated carbocycles. The number of carbonyl (C=O) groups is 1. The number of hydrogen-bond donors (Lipinski definition) is 1. The molecule has 0 fully saturated rings. The van der Waals surface area contributed by atoms with Crippen LogP contribution in [0.4, 0.5) is 11.5 Å². The molecule has 0 spiro atoms. The molecule has 7 nitrogen and oxygen atoms in total. The predicted octanol–water partition coefficient (Wildman–Crippen LogP) is 4.75. The Labute approximate surface area is 167 Å². The smallest absolute Gasteiger partial charge is 0.340 e. The molecule has 0 saturated heterocycles. The minimum atomic E-state index is -0.371. The first-order valence-electron chi connectivity index (χ1n) is 9.25. The number of fused-ring (bicyclic) bond motifs is 1. The number of para-hydroxylation sites is 1. The van der Waals surface area contributed by atoms with E-state index in [0.29, 0.717) is 18.0 Å². The second-order valence-corrected chi connectivity index (χ2v) is 6.35. The highest BCUT2D eigenvalue weighted by molar-refractivity contribution is 5.95. The first-order chi connectivity index (χ1) is 14.2. The largest absolute Gasteiger partial charge is 0.462 e. The van der Waals surface area contributed by atoms with Crippen LogP contribution in [0.2, 0.25) is 0 Å². The van der Waals surface area contributed by atoms with Crippen molar-refractivity contribution >= 4 is 23.0 Å². The minimum absolute atomic E-state index is 0.318. The molecule has 146 valence electrons. The van der Waals surface area contributed by atoms with Gasteiger partial charge in [0, 0.05) is 11.9 Å². The monoisotopic (exact) mass is 388 g/mol. The third kappa shape index (κ3) is 3.89. The molecule has 0 aliphatic carbocycles. The highest BCUT2D eigenvalue weighted by Gasteiger charge is 2.18. The SMILES string of the molecule is CCOC(=O)c1cn2ncnc(Nc3ccc(Oc4ccccc4)cc3)c2c1C. The van der Waals surface area contributed by atoms with E-state index >= 15 is 0 Å². The fourth-order valence-electron chi connectivity index (χ4n) is 3.03. The van der Waals surface area contributed by atoms with E-state index in [9.17, 15) is 4.79 Å². The summed E-state index contributed by atoms with van der Waals surface area (Å²) in [6.45, 7) is 3.95. The number of hydrogen-bond acceptors (Lipinski definition) is 6. The molecule has 2 aromatic carbocycles. The lowest BCUT2D eigenvalue weighted by Crippen LogP contribution is -2.04. The summed E-state index contributed by atoms with van der Waals surface area (Å²) in [5.41, 5.74) is 2.79. The summed E-state index contributed by atoms with van der Waals surface area (Å²) in [5, 5.41) is 7.49. The fourth-order valence-corrected chi connectivity index (χ4v) is 3.03. The number of aryl methyl sites for hydroxylation is 1. The molecule has 2 aromatic heterocycles. The maximum Gasteiger partial charge on any atom is 0.340 e. The summed E-state index contributed by atoms with van der Waals surface area (Å²) < 4.78 is 12.6. The van der Waals surface area contributed by atoms with Gasteiger partial charge in [0.2, 0.25) is 0 Å². The molecule has 2 heterocycles. The quantitative estimate of drug-likeness (QED) is 0.480. The number of anilines is 2. The van der Waals surface area contributed by atoms with Gasteiger partial charge in [-0.2, -0.15) is 5.10 Å². The molecule has 0 bridgehead atoms. The van der Waals surface area contributed by atoms with Gasteiger partial charge in [0.1, 0.15) is 23.3 Å². The van der Waals surface area contributed by atoms with E-state index < -0.39 is 0 Å². The third-order valence-corrected chi connectivity index (χ3v) is 4.42. The second-order valence-electron chi connectivity index (χ2n) is 6.35. The van der Waals surface area contributed by atoms with Crippen LogP contribution in [0, 0.1) is 6.92 Å². The molecule has 29 heavy (non-hydrogen) atoms. The predicted molar refractivity (Wildman–Crippen MR) is 110 cm³/mol. The number of carbonyl (C=O) groups excluding carboxylic acids is 1. The zero-order valence-electron chi connectivity index (χ0n) is 16.1. The van der Waals surface area contributed by atoms with Crippen molar-refractivity contribution in [3.63, 3.8) is 0 Å². The third-order valence-electron chi connectivity index (χ3n) is 4.42. The van der Waals surface area contributed by atoms with Crippen molar-refractivity contribution in [2.45, 2.75) is 13.8 Å². The summed E-state index contributed by atoms with van der Waals surface area (Å²) in [6, 6.07) is 17.2. The van der Waals surface area contributed by atoms with Crippen molar-refractivity contribution in [3.05, 3.63) is 78.2 Å². The number of ether oxygens (including phenoxy) is 2. The molecule has 0 amide bonds. The number of rotatable bonds is 6. The lowest BCUT2D eigenvalue weighted by Gasteiger charge is -2.09. The van der Waals surface area contributed by atoms with Gasteiger partial charge in [-0.15, -0.1) is 0 Å². The number of esters is 1. The van der Waals surface area contributed by atoms with Crippen LogP contribution in [0.1, 0.15) is 22.8 Å².